The average molecular weight is 419 g/mol. The lowest BCUT2D eigenvalue weighted by atomic mass is 10.2. The number of nitrogens with one attached hydrogen (secondary N) is 1. The van der Waals surface area contributed by atoms with Crippen molar-refractivity contribution in [2.75, 3.05) is 59.5 Å². The number of halogens is 2. The van der Waals surface area contributed by atoms with Gasteiger partial charge in [-0.1, -0.05) is 12.1 Å². The molecule has 1 amide bonds. The molecule has 1 aromatic carbocycles. The molecule has 2 fully saturated rings. The van der Waals surface area contributed by atoms with Crippen molar-refractivity contribution < 1.29 is 9.53 Å². The maximum atomic E-state index is 12.6. The minimum absolute atomic E-state index is 0. The van der Waals surface area contributed by atoms with Crippen LogP contribution in [0, 0.1) is 0 Å². The predicted molar refractivity (Wildman–Crippen MR) is 113 cm³/mol. The summed E-state index contributed by atoms with van der Waals surface area (Å²) in [5.41, 5.74) is 1.29. The molecule has 2 heterocycles. The van der Waals surface area contributed by atoms with Crippen LogP contribution in [0.25, 0.3) is 0 Å². The Morgan fingerprint density at radius 1 is 1.11 bits per heavy atom. The first-order chi connectivity index (χ1) is 12.2. The summed E-state index contributed by atoms with van der Waals surface area (Å²) >= 11 is 0. The fourth-order valence-electron chi connectivity index (χ4n) is 3.54. The molecule has 3 rings (SSSR count). The van der Waals surface area contributed by atoms with E-state index in [0.717, 1.165) is 58.1 Å². The molecular formula is C19H32Cl2N4O2. The molecule has 0 radical (unpaired) electrons. The van der Waals surface area contributed by atoms with Gasteiger partial charge < -0.3 is 15.0 Å². The lowest BCUT2D eigenvalue weighted by molar-refractivity contribution is -0.135. The predicted octanol–water partition coefficient (Wildman–Crippen LogP) is 1.48. The van der Waals surface area contributed by atoms with Gasteiger partial charge in [-0.25, -0.2) is 0 Å². The van der Waals surface area contributed by atoms with Crippen molar-refractivity contribution in [3.8, 4) is 5.75 Å². The standard InChI is InChI=1S/C19H30N4O2.2ClH/c1-16-13-20-7-8-23(16)15-19(24)22-11-9-21(10-12-22)14-17-3-5-18(25-2)6-4-17;;/h3-6,16,20H,7-15H2,1-2H3;2*1H/t16-;;/m0../s1. The molecule has 1 atom stereocenters. The summed E-state index contributed by atoms with van der Waals surface area (Å²) < 4.78 is 5.20. The minimum Gasteiger partial charge on any atom is -0.497 e. The summed E-state index contributed by atoms with van der Waals surface area (Å²) in [4.78, 5) is 19.3. The second-order valence-corrected chi connectivity index (χ2v) is 7.03. The Hall–Kier alpha value is -1.05. The van der Waals surface area contributed by atoms with Gasteiger partial charge in [0.05, 0.1) is 13.7 Å². The van der Waals surface area contributed by atoms with Crippen molar-refractivity contribution >= 4 is 30.7 Å². The van der Waals surface area contributed by atoms with Crippen LogP contribution in [-0.2, 0) is 11.3 Å². The molecule has 0 aromatic heterocycles. The number of ether oxygens (including phenoxy) is 1. The maximum Gasteiger partial charge on any atom is 0.236 e. The van der Waals surface area contributed by atoms with Gasteiger partial charge in [0.2, 0.25) is 5.91 Å². The third kappa shape index (κ3) is 6.80. The van der Waals surface area contributed by atoms with E-state index in [1.165, 1.54) is 5.56 Å². The number of piperazine rings is 2. The van der Waals surface area contributed by atoms with E-state index in [1.807, 2.05) is 17.0 Å². The van der Waals surface area contributed by atoms with Crippen molar-refractivity contribution in [1.29, 1.82) is 0 Å². The van der Waals surface area contributed by atoms with Crippen molar-refractivity contribution in [1.82, 2.24) is 20.0 Å². The van der Waals surface area contributed by atoms with E-state index in [-0.39, 0.29) is 30.7 Å². The number of hydrogen-bond donors (Lipinski definition) is 1. The number of methoxy groups -OCH3 is 1. The van der Waals surface area contributed by atoms with E-state index in [0.29, 0.717) is 12.6 Å². The topological polar surface area (TPSA) is 48.1 Å². The maximum absolute atomic E-state index is 12.6. The van der Waals surface area contributed by atoms with Gasteiger partial charge >= 0.3 is 0 Å². The summed E-state index contributed by atoms with van der Waals surface area (Å²) in [6.45, 7) is 10.1. The van der Waals surface area contributed by atoms with E-state index in [4.69, 9.17) is 4.74 Å². The van der Waals surface area contributed by atoms with Gasteiger partial charge in [0, 0.05) is 58.4 Å². The molecule has 2 saturated heterocycles. The van der Waals surface area contributed by atoms with E-state index in [2.05, 4.69) is 34.2 Å². The number of benzene rings is 1. The summed E-state index contributed by atoms with van der Waals surface area (Å²) in [5, 5.41) is 3.37. The normalized spacial score (nSPS) is 21.1. The first kappa shape index (κ1) is 24.0. The number of carbonyl (C=O) groups is 1. The molecule has 6 nitrogen and oxygen atoms in total. The summed E-state index contributed by atoms with van der Waals surface area (Å²) in [5.74, 6) is 1.17. The molecule has 154 valence electrons. The Morgan fingerprint density at radius 3 is 2.37 bits per heavy atom. The van der Waals surface area contributed by atoms with Gasteiger partial charge in [-0.3, -0.25) is 14.6 Å². The van der Waals surface area contributed by atoms with Crippen LogP contribution < -0.4 is 10.1 Å². The van der Waals surface area contributed by atoms with E-state index in [1.54, 1.807) is 7.11 Å². The number of nitrogens with zero attached hydrogens (tertiary/aromatic N) is 3. The van der Waals surface area contributed by atoms with Gasteiger partial charge in [-0.05, 0) is 24.6 Å². The first-order valence-electron chi connectivity index (χ1n) is 9.23. The van der Waals surface area contributed by atoms with E-state index >= 15 is 0 Å². The third-order valence-corrected chi connectivity index (χ3v) is 5.27. The molecule has 2 aliphatic rings. The number of carbonyl (C=O) groups excluding carboxylic acids is 1. The summed E-state index contributed by atoms with van der Waals surface area (Å²) in [7, 11) is 1.69. The zero-order valence-electron chi connectivity index (χ0n) is 16.2. The van der Waals surface area contributed by atoms with Crippen molar-refractivity contribution in [2.24, 2.45) is 0 Å². The number of rotatable bonds is 5. The Bertz CT molecular complexity index is 565. The highest BCUT2D eigenvalue weighted by Gasteiger charge is 2.25. The zero-order chi connectivity index (χ0) is 17.6. The average Bonchev–Trinajstić information content (AvgIpc) is 2.65. The fourth-order valence-corrected chi connectivity index (χ4v) is 3.54. The molecule has 27 heavy (non-hydrogen) atoms. The monoisotopic (exact) mass is 418 g/mol. The second kappa shape index (κ2) is 11.7. The third-order valence-electron chi connectivity index (χ3n) is 5.27. The van der Waals surface area contributed by atoms with Gasteiger partial charge in [0.15, 0.2) is 0 Å². The molecule has 0 unspecified atom stereocenters. The molecule has 1 N–H and O–H groups in total. The lowest BCUT2D eigenvalue weighted by Crippen LogP contribution is -2.55. The fraction of sp³-hybridized carbons (Fsp3) is 0.632. The molecule has 2 aliphatic heterocycles. The number of hydrogen-bond acceptors (Lipinski definition) is 5. The van der Waals surface area contributed by atoms with Crippen LogP contribution in [0.5, 0.6) is 5.75 Å². The highest BCUT2D eigenvalue weighted by Crippen LogP contribution is 2.14. The van der Waals surface area contributed by atoms with Crippen LogP contribution in [-0.4, -0.2) is 86.1 Å². The van der Waals surface area contributed by atoms with Crippen LogP contribution in [0.1, 0.15) is 12.5 Å². The Labute approximate surface area is 175 Å². The van der Waals surface area contributed by atoms with Crippen molar-refractivity contribution in [3.63, 3.8) is 0 Å². The highest BCUT2D eigenvalue weighted by atomic mass is 35.5. The Kier molecular flexibility index (Phi) is 10.4. The Morgan fingerprint density at radius 2 is 1.78 bits per heavy atom. The van der Waals surface area contributed by atoms with Crippen LogP contribution >= 0.6 is 24.8 Å². The molecule has 0 saturated carbocycles. The molecule has 0 bridgehead atoms. The van der Waals surface area contributed by atoms with E-state index < -0.39 is 0 Å². The first-order valence-corrected chi connectivity index (χ1v) is 9.23. The minimum atomic E-state index is 0. The molecule has 0 spiro atoms. The van der Waals surface area contributed by atoms with Crippen LogP contribution in [0.2, 0.25) is 0 Å². The molecule has 1 aromatic rings. The van der Waals surface area contributed by atoms with Crippen molar-refractivity contribution in [3.05, 3.63) is 29.8 Å². The zero-order valence-corrected chi connectivity index (χ0v) is 17.9. The van der Waals surface area contributed by atoms with Crippen LogP contribution in [0.3, 0.4) is 0 Å². The van der Waals surface area contributed by atoms with Crippen LogP contribution in [0.15, 0.2) is 24.3 Å². The largest absolute Gasteiger partial charge is 0.497 e. The second-order valence-electron chi connectivity index (χ2n) is 7.03. The van der Waals surface area contributed by atoms with Gasteiger partial charge in [-0.2, -0.15) is 0 Å². The number of amides is 1. The SMILES string of the molecule is COc1ccc(CN2CCN(C(=O)CN3CCNC[C@@H]3C)CC2)cc1.Cl.Cl. The smallest absolute Gasteiger partial charge is 0.236 e. The van der Waals surface area contributed by atoms with Gasteiger partial charge in [0.1, 0.15) is 5.75 Å². The molecule has 8 heteroatoms. The van der Waals surface area contributed by atoms with E-state index in [9.17, 15) is 4.79 Å². The van der Waals surface area contributed by atoms with Crippen molar-refractivity contribution in [2.45, 2.75) is 19.5 Å². The highest BCUT2D eigenvalue weighted by molar-refractivity contribution is 5.85. The summed E-state index contributed by atoms with van der Waals surface area (Å²) in [6.07, 6.45) is 0. The van der Waals surface area contributed by atoms with Crippen LogP contribution in [0.4, 0.5) is 0 Å². The van der Waals surface area contributed by atoms with Gasteiger partial charge in [0.25, 0.3) is 0 Å². The lowest BCUT2D eigenvalue weighted by Gasteiger charge is -2.38. The quantitative estimate of drug-likeness (QED) is 0.784. The molecular weight excluding hydrogens is 387 g/mol. The van der Waals surface area contributed by atoms with Gasteiger partial charge in [-0.15, -0.1) is 24.8 Å². The Balaban J connectivity index is 0.00000182. The molecule has 0 aliphatic carbocycles. The summed E-state index contributed by atoms with van der Waals surface area (Å²) in [6, 6.07) is 8.67.